The molecule has 1 aromatic rings. The first-order chi connectivity index (χ1) is 9.16. The van der Waals surface area contributed by atoms with Crippen molar-refractivity contribution < 1.29 is 22.7 Å². The molecule has 0 aliphatic rings. The molecular weight excluding hydrogens is 304 g/mol. The van der Waals surface area contributed by atoms with Gasteiger partial charge in [0.25, 0.3) is 9.05 Å². The highest BCUT2D eigenvalue weighted by molar-refractivity contribution is 8.13. The molecule has 1 unspecified atom stereocenters. The van der Waals surface area contributed by atoms with Crippen LogP contribution in [-0.2, 0) is 13.8 Å². The Labute approximate surface area is 123 Å². The maximum Gasteiger partial charge on any atom is 0.342 e. The third-order valence-electron chi connectivity index (χ3n) is 2.90. The van der Waals surface area contributed by atoms with Gasteiger partial charge < -0.3 is 9.47 Å². The summed E-state index contributed by atoms with van der Waals surface area (Å²) in [6, 6.07) is 3.78. The van der Waals surface area contributed by atoms with Gasteiger partial charge in [0, 0.05) is 10.7 Å². The monoisotopic (exact) mass is 320 g/mol. The lowest BCUT2D eigenvalue weighted by molar-refractivity contribution is 0.0234. The Balaban J connectivity index is 3.18. The number of halogens is 1. The Morgan fingerprint density at radius 1 is 1.25 bits per heavy atom. The van der Waals surface area contributed by atoms with E-state index in [1.165, 1.54) is 19.2 Å². The van der Waals surface area contributed by atoms with Crippen LogP contribution in [0.1, 0.15) is 31.1 Å². The summed E-state index contributed by atoms with van der Waals surface area (Å²) in [5.74, 6) is -0.273. The van der Waals surface area contributed by atoms with Gasteiger partial charge in [0.05, 0.1) is 12.0 Å². The van der Waals surface area contributed by atoms with Crippen molar-refractivity contribution in [3.05, 3.63) is 23.8 Å². The SMILES string of the molecule is COc1ccc(S(=O)(=O)Cl)cc1C(=O)OC(C)C(C)C. The standard InChI is InChI=1S/C13H17ClO5S/c1-8(2)9(3)19-13(15)11-7-10(20(14,16)17)5-6-12(11)18-4/h5-9H,1-4H3. The van der Waals surface area contributed by atoms with Crippen molar-refractivity contribution in [2.24, 2.45) is 5.92 Å². The summed E-state index contributed by atoms with van der Waals surface area (Å²) >= 11 is 0. The maximum absolute atomic E-state index is 12.1. The van der Waals surface area contributed by atoms with Crippen LogP contribution in [0.15, 0.2) is 23.1 Å². The van der Waals surface area contributed by atoms with Crippen LogP contribution in [0.5, 0.6) is 5.75 Å². The average molecular weight is 321 g/mol. The summed E-state index contributed by atoms with van der Waals surface area (Å²) in [7, 11) is 2.73. The molecule has 112 valence electrons. The van der Waals surface area contributed by atoms with Gasteiger partial charge in [-0.05, 0) is 31.0 Å². The fourth-order valence-electron chi connectivity index (χ4n) is 1.37. The van der Waals surface area contributed by atoms with E-state index in [1.807, 2.05) is 13.8 Å². The van der Waals surface area contributed by atoms with E-state index in [1.54, 1.807) is 6.92 Å². The number of hydrogen-bond donors (Lipinski definition) is 0. The second-order valence-electron chi connectivity index (χ2n) is 4.65. The Morgan fingerprint density at radius 2 is 1.85 bits per heavy atom. The molecule has 1 aromatic carbocycles. The smallest absolute Gasteiger partial charge is 0.342 e. The first-order valence-corrected chi connectivity index (χ1v) is 8.31. The minimum Gasteiger partial charge on any atom is -0.496 e. The van der Waals surface area contributed by atoms with Gasteiger partial charge in [-0.15, -0.1) is 0 Å². The second kappa shape index (κ2) is 6.45. The fraction of sp³-hybridized carbons (Fsp3) is 0.462. The van der Waals surface area contributed by atoms with E-state index in [0.717, 1.165) is 6.07 Å². The molecule has 0 radical (unpaired) electrons. The Morgan fingerprint density at radius 3 is 2.30 bits per heavy atom. The quantitative estimate of drug-likeness (QED) is 0.616. The Hall–Kier alpha value is -1.27. The van der Waals surface area contributed by atoms with Crippen LogP contribution in [0.3, 0.4) is 0 Å². The van der Waals surface area contributed by atoms with E-state index in [-0.39, 0.29) is 28.2 Å². The topological polar surface area (TPSA) is 69.7 Å². The molecule has 1 rings (SSSR count). The van der Waals surface area contributed by atoms with Crippen molar-refractivity contribution in [2.75, 3.05) is 7.11 Å². The molecule has 0 spiro atoms. The van der Waals surface area contributed by atoms with Crippen molar-refractivity contribution in [1.82, 2.24) is 0 Å². The maximum atomic E-state index is 12.1. The average Bonchev–Trinajstić information content (AvgIpc) is 2.36. The van der Waals surface area contributed by atoms with E-state index in [9.17, 15) is 13.2 Å². The molecule has 1 atom stereocenters. The van der Waals surface area contributed by atoms with Gasteiger partial charge in [-0.3, -0.25) is 0 Å². The lowest BCUT2D eigenvalue weighted by Gasteiger charge is -2.17. The highest BCUT2D eigenvalue weighted by atomic mass is 35.7. The van der Waals surface area contributed by atoms with Crippen LogP contribution in [0, 0.1) is 5.92 Å². The molecule has 7 heteroatoms. The van der Waals surface area contributed by atoms with E-state index in [4.69, 9.17) is 20.2 Å². The fourth-order valence-corrected chi connectivity index (χ4v) is 2.14. The molecular formula is C13H17ClO5S. The number of carbonyl (C=O) groups is 1. The van der Waals surface area contributed by atoms with Crippen LogP contribution < -0.4 is 4.74 Å². The summed E-state index contributed by atoms with van der Waals surface area (Å²) in [4.78, 5) is 11.9. The molecule has 0 fully saturated rings. The van der Waals surface area contributed by atoms with E-state index in [2.05, 4.69) is 0 Å². The molecule has 0 bridgehead atoms. The predicted molar refractivity (Wildman–Crippen MR) is 75.7 cm³/mol. The van der Waals surface area contributed by atoms with Crippen molar-refractivity contribution in [1.29, 1.82) is 0 Å². The highest BCUT2D eigenvalue weighted by Crippen LogP contribution is 2.26. The van der Waals surface area contributed by atoms with Crippen LogP contribution in [-0.4, -0.2) is 27.6 Å². The largest absolute Gasteiger partial charge is 0.496 e. The normalized spacial score (nSPS) is 13.1. The van der Waals surface area contributed by atoms with Crippen LogP contribution >= 0.6 is 10.7 Å². The van der Waals surface area contributed by atoms with Gasteiger partial charge in [0.15, 0.2) is 0 Å². The third kappa shape index (κ3) is 4.11. The number of methoxy groups -OCH3 is 1. The summed E-state index contributed by atoms with van der Waals surface area (Å²) < 4.78 is 32.9. The Bertz CT molecular complexity index is 595. The zero-order valence-electron chi connectivity index (χ0n) is 11.7. The molecule has 0 heterocycles. The van der Waals surface area contributed by atoms with Gasteiger partial charge in [-0.25, -0.2) is 13.2 Å². The van der Waals surface area contributed by atoms with Crippen molar-refractivity contribution in [3.63, 3.8) is 0 Å². The number of esters is 1. The van der Waals surface area contributed by atoms with Gasteiger partial charge >= 0.3 is 5.97 Å². The summed E-state index contributed by atoms with van der Waals surface area (Å²) in [5.41, 5.74) is 0.0294. The molecule has 0 aliphatic carbocycles. The molecule has 0 amide bonds. The molecule has 5 nitrogen and oxygen atoms in total. The van der Waals surface area contributed by atoms with Crippen molar-refractivity contribution in [2.45, 2.75) is 31.8 Å². The Kier molecular flexibility index (Phi) is 5.42. The second-order valence-corrected chi connectivity index (χ2v) is 7.22. The number of hydrogen-bond acceptors (Lipinski definition) is 5. The van der Waals surface area contributed by atoms with Gasteiger partial charge in [0.1, 0.15) is 17.4 Å². The summed E-state index contributed by atoms with van der Waals surface area (Å²) in [6.07, 6.45) is -0.302. The first kappa shape index (κ1) is 16.8. The predicted octanol–water partition coefficient (Wildman–Crippen LogP) is 2.82. The van der Waals surface area contributed by atoms with Crippen LogP contribution in [0.2, 0.25) is 0 Å². The van der Waals surface area contributed by atoms with E-state index >= 15 is 0 Å². The first-order valence-electron chi connectivity index (χ1n) is 6.00. The third-order valence-corrected chi connectivity index (χ3v) is 4.26. The van der Waals surface area contributed by atoms with Gasteiger partial charge in [0.2, 0.25) is 0 Å². The highest BCUT2D eigenvalue weighted by Gasteiger charge is 2.21. The van der Waals surface area contributed by atoms with Crippen molar-refractivity contribution in [3.8, 4) is 5.75 Å². The van der Waals surface area contributed by atoms with Gasteiger partial charge in [-0.1, -0.05) is 13.8 Å². The molecule has 0 N–H and O–H groups in total. The lowest BCUT2D eigenvalue weighted by atomic mass is 10.1. The van der Waals surface area contributed by atoms with Gasteiger partial charge in [-0.2, -0.15) is 0 Å². The van der Waals surface area contributed by atoms with Crippen LogP contribution in [0.4, 0.5) is 0 Å². The molecule has 0 aromatic heterocycles. The van der Waals surface area contributed by atoms with Crippen molar-refractivity contribution >= 4 is 25.7 Å². The molecule has 0 saturated heterocycles. The zero-order chi connectivity index (χ0) is 15.5. The summed E-state index contributed by atoms with van der Waals surface area (Å²) in [6.45, 7) is 5.58. The molecule has 20 heavy (non-hydrogen) atoms. The van der Waals surface area contributed by atoms with E-state index < -0.39 is 15.0 Å². The number of rotatable bonds is 5. The minimum absolute atomic E-state index is 0.0294. The number of carbonyl (C=O) groups excluding carboxylic acids is 1. The minimum atomic E-state index is -3.92. The molecule has 0 saturated carbocycles. The summed E-state index contributed by atoms with van der Waals surface area (Å²) in [5, 5.41) is 0. The van der Waals surface area contributed by atoms with E-state index in [0.29, 0.717) is 0 Å². The number of benzene rings is 1. The molecule has 0 aliphatic heterocycles. The number of ether oxygens (including phenoxy) is 2. The zero-order valence-corrected chi connectivity index (χ0v) is 13.3. The lowest BCUT2D eigenvalue weighted by Crippen LogP contribution is -2.20. The van der Waals surface area contributed by atoms with Crippen LogP contribution in [0.25, 0.3) is 0 Å².